The van der Waals surface area contributed by atoms with Gasteiger partial charge in [0, 0.05) is 32.0 Å². The zero-order valence-electron chi connectivity index (χ0n) is 15.5. The first-order valence-corrected chi connectivity index (χ1v) is 9.94. The summed E-state index contributed by atoms with van der Waals surface area (Å²) < 4.78 is 0. The number of halogens is 1. The van der Waals surface area contributed by atoms with Crippen molar-refractivity contribution in [3.63, 3.8) is 0 Å². The third-order valence-corrected chi connectivity index (χ3v) is 5.54. The summed E-state index contributed by atoms with van der Waals surface area (Å²) in [4.78, 5) is 28.8. The van der Waals surface area contributed by atoms with E-state index >= 15 is 0 Å². The van der Waals surface area contributed by atoms with Crippen LogP contribution in [0.25, 0.3) is 0 Å². The van der Waals surface area contributed by atoms with E-state index in [0.29, 0.717) is 23.8 Å². The lowest BCUT2D eigenvalue weighted by atomic mass is 9.95. The summed E-state index contributed by atoms with van der Waals surface area (Å²) in [5, 5.41) is 11.4. The largest absolute Gasteiger partial charge is 0.355 e. The van der Waals surface area contributed by atoms with Crippen LogP contribution >= 0.6 is 11.6 Å². The van der Waals surface area contributed by atoms with Crippen LogP contribution in [0.15, 0.2) is 36.4 Å². The van der Waals surface area contributed by atoms with Crippen molar-refractivity contribution in [2.24, 2.45) is 5.92 Å². The van der Waals surface area contributed by atoms with Gasteiger partial charge in [-0.2, -0.15) is 0 Å². The van der Waals surface area contributed by atoms with E-state index in [4.69, 9.17) is 11.6 Å². The molecule has 0 aliphatic carbocycles. The predicted molar refractivity (Wildman–Crippen MR) is 109 cm³/mol. The van der Waals surface area contributed by atoms with Crippen molar-refractivity contribution in [2.45, 2.75) is 25.7 Å². The molecule has 28 heavy (non-hydrogen) atoms. The van der Waals surface area contributed by atoms with E-state index in [0.717, 1.165) is 43.9 Å². The first-order chi connectivity index (χ1) is 13.6. The molecular weight excluding hydrogens is 378 g/mol. The Morgan fingerprint density at radius 3 is 2.54 bits per heavy atom. The fourth-order valence-electron chi connectivity index (χ4n) is 3.80. The molecule has 1 aromatic heterocycles. The van der Waals surface area contributed by atoms with Gasteiger partial charge in [0.2, 0.25) is 11.8 Å². The van der Waals surface area contributed by atoms with Gasteiger partial charge in [0.05, 0.1) is 11.4 Å². The molecule has 0 radical (unpaired) electrons. The van der Waals surface area contributed by atoms with Crippen molar-refractivity contribution >= 4 is 40.6 Å². The maximum absolute atomic E-state index is 12.8. The van der Waals surface area contributed by atoms with Crippen LogP contribution < -0.4 is 15.1 Å². The molecule has 0 atom stereocenters. The number of hydrogen-bond acceptors (Lipinski definition) is 5. The minimum absolute atomic E-state index is 0.000867. The molecule has 1 aromatic carbocycles. The summed E-state index contributed by atoms with van der Waals surface area (Å²) in [6.45, 7) is 2.17. The molecule has 2 aliphatic rings. The Bertz CT molecular complexity index is 865. The summed E-state index contributed by atoms with van der Waals surface area (Å²) in [5.41, 5.74) is 1.49. The molecule has 0 unspecified atom stereocenters. The van der Waals surface area contributed by atoms with Crippen molar-refractivity contribution in [2.75, 3.05) is 34.8 Å². The lowest BCUT2D eigenvalue weighted by Crippen LogP contribution is -2.38. The molecule has 1 N–H and O–H groups in total. The Balaban J connectivity index is 1.39. The van der Waals surface area contributed by atoms with Crippen LogP contribution in [-0.4, -0.2) is 41.6 Å². The van der Waals surface area contributed by atoms with E-state index in [9.17, 15) is 9.59 Å². The van der Waals surface area contributed by atoms with Crippen LogP contribution in [0.3, 0.4) is 0 Å². The van der Waals surface area contributed by atoms with Crippen LogP contribution in [0.4, 0.5) is 17.2 Å². The van der Waals surface area contributed by atoms with Crippen molar-refractivity contribution in [1.29, 1.82) is 0 Å². The predicted octanol–water partition coefficient (Wildman–Crippen LogP) is 3.11. The molecule has 4 rings (SSSR count). The summed E-state index contributed by atoms with van der Waals surface area (Å²) in [6.07, 6.45) is 2.89. The first-order valence-electron chi connectivity index (χ1n) is 9.56. The number of nitrogens with one attached hydrogen (secondary N) is 1. The van der Waals surface area contributed by atoms with Gasteiger partial charge in [0.15, 0.2) is 11.0 Å². The molecule has 0 bridgehead atoms. The number of nitrogens with zero attached hydrogens (tertiary/aromatic N) is 4. The molecular formula is C20H22ClN5O2. The van der Waals surface area contributed by atoms with Crippen LogP contribution in [0.5, 0.6) is 0 Å². The van der Waals surface area contributed by atoms with Gasteiger partial charge in [-0.3, -0.25) is 9.59 Å². The van der Waals surface area contributed by atoms with E-state index in [1.165, 1.54) is 0 Å². The zero-order valence-corrected chi connectivity index (χ0v) is 16.2. The Morgan fingerprint density at radius 2 is 1.86 bits per heavy atom. The molecule has 2 fully saturated rings. The standard InChI is InChI=1S/C20H22ClN5O2/c21-17-7-8-18(24-23-17)25-12-9-14(10-13-25)20(28)22-15-4-1-2-5-16(15)26-11-3-6-19(26)27/h1-2,4-5,7-8,14H,3,6,9-13H2,(H,22,28). The fourth-order valence-corrected chi connectivity index (χ4v) is 3.90. The lowest BCUT2D eigenvalue weighted by Gasteiger charge is -2.32. The lowest BCUT2D eigenvalue weighted by molar-refractivity contribution is -0.120. The van der Waals surface area contributed by atoms with Gasteiger partial charge in [-0.15, -0.1) is 10.2 Å². The number of hydrogen-bond donors (Lipinski definition) is 1. The number of carbonyl (C=O) groups is 2. The number of rotatable bonds is 4. The maximum Gasteiger partial charge on any atom is 0.227 e. The number of carbonyl (C=O) groups excluding carboxylic acids is 2. The second-order valence-corrected chi connectivity index (χ2v) is 7.52. The highest BCUT2D eigenvalue weighted by Gasteiger charge is 2.28. The van der Waals surface area contributed by atoms with Gasteiger partial charge in [-0.25, -0.2) is 0 Å². The average Bonchev–Trinajstić information content (AvgIpc) is 3.15. The smallest absolute Gasteiger partial charge is 0.227 e. The van der Waals surface area contributed by atoms with Crippen molar-refractivity contribution in [3.05, 3.63) is 41.6 Å². The Kier molecular flexibility index (Phi) is 5.43. The molecule has 2 aromatic rings. The molecule has 2 amide bonds. The molecule has 0 saturated carbocycles. The normalized spacial score (nSPS) is 17.8. The van der Waals surface area contributed by atoms with Gasteiger partial charge >= 0.3 is 0 Å². The van der Waals surface area contributed by atoms with Crippen LogP contribution in [0.2, 0.25) is 5.15 Å². The van der Waals surface area contributed by atoms with Gasteiger partial charge in [0.1, 0.15) is 0 Å². The molecule has 146 valence electrons. The summed E-state index contributed by atoms with van der Waals surface area (Å²) in [7, 11) is 0. The fraction of sp³-hybridized carbons (Fsp3) is 0.400. The third kappa shape index (κ3) is 3.94. The summed E-state index contributed by atoms with van der Waals surface area (Å²) in [6, 6.07) is 11.1. The quantitative estimate of drug-likeness (QED) is 0.854. The van der Waals surface area contributed by atoms with Gasteiger partial charge < -0.3 is 15.1 Å². The van der Waals surface area contributed by atoms with Crippen LogP contribution in [-0.2, 0) is 9.59 Å². The van der Waals surface area contributed by atoms with Gasteiger partial charge in [0.25, 0.3) is 0 Å². The molecule has 2 saturated heterocycles. The second-order valence-electron chi connectivity index (χ2n) is 7.13. The van der Waals surface area contributed by atoms with E-state index in [1.54, 1.807) is 11.0 Å². The van der Waals surface area contributed by atoms with Crippen molar-refractivity contribution < 1.29 is 9.59 Å². The van der Waals surface area contributed by atoms with Crippen LogP contribution in [0, 0.1) is 5.92 Å². The maximum atomic E-state index is 12.8. The number of anilines is 3. The van der Waals surface area contributed by atoms with E-state index in [2.05, 4.69) is 20.4 Å². The summed E-state index contributed by atoms with van der Waals surface area (Å²) in [5.74, 6) is 0.819. The Labute approximate surface area is 168 Å². The minimum atomic E-state index is -0.0705. The monoisotopic (exact) mass is 399 g/mol. The Hall–Kier alpha value is -2.67. The minimum Gasteiger partial charge on any atom is -0.355 e. The number of benzene rings is 1. The van der Waals surface area contributed by atoms with Crippen molar-refractivity contribution in [3.8, 4) is 0 Å². The zero-order chi connectivity index (χ0) is 19.5. The topological polar surface area (TPSA) is 78.4 Å². The van der Waals surface area contributed by atoms with Gasteiger partial charge in [-0.1, -0.05) is 23.7 Å². The SMILES string of the molecule is O=C(Nc1ccccc1N1CCCC1=O)C1CCN(c2ccc(Cl)nn2)CC1. The molecule has 2 aliphatic heterocycles. The second kappa shape index (κ2) is 8.14. The molecule has 8 heteroatoms. The molecule has 3 heterocycles. The summed E-state index contributed by atoms with van der Waals surface area (Å²) >= 11 is 5.79. The highest BCUT2D eigenvalue weighted by molar-refractivity contribution is 6.29. The number of para-hydroxylation sites is 2. The number of aromatic nitrogens is 2. The molecule has 7 nitrogen and oxygen atoms in total. The Morgan fingerprint density at radius 1 is 1.07 bits per heavy atom. The van der Waals surface area contributed by atoms with Crippen LogP contribution in [0.1, 0.15) is 25.7 Å². The van der Waals surface area contributed by atoms with E-state index in [-0.39, 0.29) is 17.7 Å². The van der Waals surface area contributed by atoms with Crippen molar-refractivity contribution in [1.82, 2.24) is 10.2 Å². The highest BCUT2D eigenvalue weighted by atomic mass is 35.5. The number of amides is 2. The third-order valence-electron chi connectivity index (χ3n) is 5.33. The van der Waals surface area contributed by atoms with Gasteiger partial charge in [-0.05, 0) is 43.5 Å². The van der Waals surface area contributed by atoms with E-state index < -0.39 is 0 Å². The first kappa shape index (κ1) is 18.7. The molecule has 0 spiro atoms. The number of piperidine rings is 1. The van der Waals surface area contributed by atoms with E-state index in [1.807, 2.05) is 30.3 Å². The average molecular weight is 400 g/mol. The highest BCUT2D eigenvalue weighted by Crippen LogP contribution is 2.30.